The van der Waals surface area contributed by atoms with Crippen LogP contribution in [-0.4, -0.2) is 30.6 Å². The molecule has 4 N–H and O–H groups in total. The number of anilines is 2. The Hall–Kier alpha value is -5.84. The van der Waals surface area contributed by atoms with Crippen molar-refractivity contribution >= 4 is 28.3 Å². The first-order valence-corrected chi connectivity index (χ1v) is 12.1. The zero-order valence-electron chi connectivity index (χ0n) is 20.7. The fourth-order valence-corrected chi connectivity index (χ4v) is 4.19. The van der Waals surface area contributed by atoms with E-state index in [9.17, 15) is 14.0 Å². The third kappa shape index (κ3) is 4.74. The lowest BCUT2D eigenvalue weighted by Gasteiger charge is -2.10. The molecule has 0 saturated carbocycles. The first-order chi connectivity index (χ1) is 19.5. The van der Waals surface area contributed by atoms with E-state index in [0.29, 0.717) is 45.4 Å². The number of benzene rings is 3. The van der Waals surface area contributed by atoms with Gasteiger partial charge in [0.05, 0.1) is 0 Å². The summed E-state index contributed by atoms with van der Waals surface area (Å²) in [6, 6.07) is 22.3. The molecule has 0 bridgehead atoms. The molecule has 3 heterocycles. The Bertz CT molecular complexity index is 1920. The van der Waals surface area contributed by atoms with Crippen LogP contribution in [-0.2, 0) is 0 Å². The summed E-state index contributed by atoms with van der Waals surface area (Å²) in [5.41, 5.74) is 8.70. The van der Waals surface area contributed by atoms with Crippen LogP contribution < -0.4 is 21.3 Å². The van der Waals surface area contributed by atoms with E-state index < -0.39 is 17.3 Å². The maximum Gasteiger partial charge on any atom is 0.267 e. The molecule has 6 rings (SSSR count). The molecule has 0 saturated heterocycles. The number of halogens is 1. The molecule has 10 nitrogen and oxygen atoms in total. The van der Waals surface area contributed by atoms with Gasteiger partial charge in [-0.1, -0.05) is 12.1 Å². The number of hydrogen-bond acceptors (Lipinski definition) is 7. The predicted octanol–water partition coefficient (Wildman–Crippen LogP) is 4.94. The topological polar surface area (TPSA) is 141 Å². The van der Waals surface area contributed by atoms with Crippen molar-refractivity contribution in [3.8, 4) is 28.6 Å². The van der Waals surface area contributed by atoms with Crippen LogP contribution in [0.1, 0.15) is 10.4 Å². The molecule has 0 unspecified atom stereocenters. The number of pyridine rings is 1. The number of carbonyl (C=O) groups is 1. The van der Waals surface area contributed by atoms with Crippen molar-refractivity contribution in [2.45, 2.75) is 0 Å². The lowest BCUT2D eigenvalue weighted by molar-refractivity contribution is 0.102. The van der Waals surface area contributed by atoms with Gasteiger partial charge in [0.25, 0.3) is 11.5 Å². The molecule has 3 aromatic carbocycles. The number of ether oxygens (including phenoxy) is 1. The van der Waals surface area contributed by atoms with Crippen molar-refractivity contribution in [3.05, 3.63) is 119 Å². The number of H-pyrrole nitrogens is 1. The van der Waals surface area contributed by atoms with Crippen LogP contribution >= 0.6 is 0 Å². The van der Waals surface area contributed by atoms with Gasteiger partial charge in [-0.25, -0.2) is 14.4 Å². The SMILES string of the molecule is Nc1cccc(-c2n[nH]c3ncnc(Oc4ccc(NC(=O)c5cccn(-c6ccc(F)cc6)c5=O)cc4)c23)c1. The normalized spacial score (nSPS) is 10.9. The van der Waals surface area contributed by atoms with Gasteiger partial charge in [0, 0.05) is 28.8 Å². The molecule has 0 radical (unpaired) electrons. The van der Waals surface area contributed by atoms with Gasteiger partial charge < -0.3 is 15.8 Å². The van der Waals surface area contributed by atoms with E-state index >= 15 is 0 Å². The highest BCUT2D eigenvalue weighted by molar-refractivity contribution is 6.04. The number of aromatic amines is 1. The van der Waals surface area contributed by atoms with E-state index in [-0.39, 0.29) is 5.56 Å². The first-order valence-electron chi connectivity index (χ1n) is 12.1. The molecule has 40 heavy (non-hydrogen) atoms. The van der Waals surface area contributed by atoms with Crippen LogP contribution in [0.4, 0.5) is 15.8 Å². The Morgan fingerprint density at radius 1 is 0.975 bits per heavy atom. The number of nitrogen functional groups attached to an aromatic ring is 1. The third-order valence-corrected chi connectivity index (χ3v) is 6.11. The Morgan fingerprint density at radius 2 is 1.77 bits per heavy atom. The zero-order chi connectivity index (χ0) is 27.6. The summed E-state index contributed by atoms with van der Waals surface area (Å²) in [5, 5.41) is 10.6. The Balaban J connectivity index is 1.22. The standard InChI is InChI=1S/C29H20FN7O3/c30-18-6-10-21(11-7-18)37-14-2-5-23(29(37)39)27(38)34-20-8-12-22(13-9-20)40-28-24-25(17-3-1-4-19(31)15-17)35-36-26(24)32-16-33-28/h1-16H,31H2,(H,34,38)(H,32,33,35,36). The largest absolute Gasteiger partial charge is 0.438 e. The van der Waals surface area contributed by atoms with Gasteiger partial charge in [0.15, 0.2) is 5.65 Å². The summed E-state index contributed by atoms with van der Waals surface area (Å²) in [4.78, 5) is 34.4. The van der Waals surface area contributed by atoms with Crippen LogP contribution in [0, 0.1) is 5.82 Å². The molecule has 0 aliphatic rings. The number of nitrogens with one attached hydrogen (secondary N) is 2. The molecule has 11 heteroatoms. The van der Waals surface area contributed by atoms with Crippen molar-refractivity contribution < 1.29 is 13.9 Å². The van der Waals surface area contributed by atoms with E-state index in [0.717, 1.165) is 5.56 Å². The average Bonchev–Trinajstić information content (AvgIpc) is 3.40. The average molecular weight is 534 g/mol. The van der Waals surface area contributed by atoms with Crippen LogP contribution in [0.15, 0.2) is 102 Å². The van der Waals surface area contributed by atoms with Crippen LogP contribution in [0.25, 0.3) is 28.0 Å². The number of nitrogens with zero attached hydrogens (tertiary/aromatic N) is 4. The van der Waals surface area contributed by atoms with E-state index in [1.54, 1.807) is 42.5 Å². The molecule has 1 amide bonds. The predicted molar refractivity (Wildman–Crippen MR) is 148 cm³/mol. The van der Waals surface area contributed by atoms with Crippen molar-refractivity contribution in [2.24, 2.45) is 0 Å². The highest BCUT2D eigenvalue weighted by Gasteiger charge is 2.17. The number of carbonyl (C=O) groups excluding carboxylic acids is 1. The van der Waals surface area contributed by atoms with Crippen molar-refractivity contribution in [2.75, 3.05) is 11.1 Å². The molecular formula is C29H20FN7O3. The Kier molecular flexibility index (Phi) is 6.21. The van der Waals surface area contributed by atoms with Gasteiger partial charge in [-0.15, -0.1) is 0 Å². The minimum Gasteiger partial charge on any atom is -0.438 e. The van der Waals surface area contributed by atoms with Crippen LogP contribution in [0.2, 0.25) is 0 Å². The van der Waals surface area contributed by atoms with Gasteiger partial charge >= 0.3 is 0 Å². The van der Waals surface area contributed by atoms with Gasteiger partial charge in [0.2, 0.25) is 5.88 Å². The molecular weight excluding hydrogens is 513 g/mol. The Labute approximate surface area is 225 Å². The van der Waals surface area contributed by atoms with Gasteiger partial charge in [-0.3, -0.25) is 19.3 Å². The Morgan fingerprint density at radius 3 is 2.55 bits per heavy atom. The van der Waals surface area contributed by atoms with Crippen LogP contribution in [0.5, 0.6) is 11.6 Å². The van der Waals surface area contributed by atoms with Crippen molar-refractivity contribution in [1.82, 2.24) is 24.7 Å². The number of hydrogen-bond donors (Lipinski definition) is 3. The second-order valence-electron chi connectivity index (χ2n) is 8.75. The number of rotatable bonds is 6. The van der Waals surface area contributed by atoms with E-state index in [2.05, 4.69) is 25.5 Å². The smallest absolute Gasteiger partial charge is 0.267 e. The van der Waals surface area contributed by atoms with Crippen molar-refractivity contribution in [3.63, 3.8) is 0 Å². The number of amides is 1. The lowest BCUT2D eigenvalue weighted by atomic mass is 10.1. The molecule has 3 aromatic heterocycles. The fourth-order valence-electron chi connectivity index (χ4n) is 4.19. The second-order valence-corrected chi connectivity index (χ2v) is 8.75. The molecule has 0 spiro atoms. The van der Waals surface area contributed by atoms with E-state index in [4.69, 9.17) is 10.5 Å². The monoisotopic (exact) mass is 533 g/mol. The maximum absolute atomic E-state index is 13.3. The maximum atomic E-state index is 13.3. The quantitative estimate of drug-likeness (QED) is 0.258. The highest BCUT2D eigenvalue weighted by atomic mass is 19.1. The van der Waals surface area contributed by atoms with E-state index in [1.165, 1.54) is 47.4 Å². The minimum atomic E-state index is -0.585. The number of fused-ring (bicyclic) bond motifs is 1. The first kappa shape index (κ1) is 24.5. The highest BCUT2D eigenvalue weighted by Crippen LogP contribution is 2.34. The fraction of sp³-hybridized carbons (Fsp3) is 0. The van der Waals surface area contributed by atoms with Gasteiger partial charge in [-0.2, -0.15) is 5.10 Å². The molecule has 196 valence electrons. The van der Waals surface area contributed by atoms with Gasteiger partial charge in [-0.05, 0) is 72.8 Å². The summed E-state index contributed by atoms with van der Waals surface area (Å²) >= 11 is 0. The van der Waals surface area contributed by atoms with Crippen molar-refractivity contribution in [1.29, 1.82) is 0 Å². The second kappa shape index (κ2) is 10.1. The number of aromatic nitrogens is 5. The van der Waals surface area contributed by atoms with Gasteiger partial charge in [0.1, 0.15) is 34.5 Å². The summed E-state index contributed by atoms with van der Waals surface area (Å²) in [7, 11) is 0. The molecule has 6 aromatic rings. The molecule has 0 aliphatic carbocycles. The molecule has 0 fully saturated rings. The summed E-state index contributed by atoms with van der Waals surface area (Å²) in [6.07, 6.45) is 2.88. The summed E-state index contributed by atoms with van der Waals surface area (Å²) in [5.74, 6) is -0.263. The molecule has 0 aliphatic heterocycles. The lowest BCUT2D eigenvalue weighted by Crippen LogP contribution is -2.27. The number of nitrogens with two attached hydrogens (primary N) is 1. The summed E-state index contributed by atoms with van der Waals surface area (Å²) < 4.78 is 20.6. The summed E-state index contributed by atoms with van der Waals surface area (Å²) in [6.45, 7) is 0. The zero-order valence-corrected chi connectivity index (χ0v) is 20.7. The van der Waals surface area contributed by atoms with Crippen LogP contribution in [0.3, 0.4) is 0 Å². The third-order valence-electron chi connectivity index (χ3n) is 6.11. The van der Waals surface area contributed by atoms with E-state index in [1.807, 2.05) is 12.1 Å². The minimum absolute atomic E-state index is 0.0652. The molecule has 0 atom stereocenters.